The Morgan fingerprint density at radius 3 is 2.59 bits per heavy atom. The Morgan fingerprint density at radius 2 is 1.89 bits per heavy atom. The highest BCUT2D eigenvalue weighted by molar-refractivity contribution is 8.02. The fourth-order valence-corrected chi connectivity index (χ4v) is 8.89. The number of unbranched alkanes of at least 4 members (excludes halogenated alkanes) is 2. The number of cyclic esters (lactones) is 1. The summed E-state index contributed by atoms with van der Waals surface area (Å²) in [6.07, 6.45) is 14.5. The molecule has 1 N–H and O–H groups in total. The number of hydrogen-bond donors (Lipinski definition) is 1. The number of carbonyl (C=O) groups excluding carboxylic acids is 3. The Kier molecular flexibility index (Phi) is 8.79. The van der Waals surface area contributed by atoms with Gasteiger partial charge in [-0.15, -0.1) is 11.8 Å². The number of rotatable bonds is 8. The van der Waals surface area contributed by atoms with Crippen molar-refractivity contribution in [3.05, 3.63) is 24.3 Å². The summed E-state index contributed by atoms with van der Waals surface area (Å²) >= 11 is 1.58. The zero-order chi connectivity index (χ0) is 26.8. The van der Waals surface area contributed by atoms with Crippen molar-refractivity contribution in [2.75, 3.05) is 26.3 Å². The Hall–Kier alpha value is -1.80. The number of likely N-dealkylation sites (tertiary alicyclic amines) is 1. The van der Waals surface area contributed by atoms with E-state index in [1.165, 1.54) is 0 Å². The SMILES string of the molecule is CCCCCN1CC=C[C@]23S[C@@]4(C)/C=C\CCCCOC(=O)[C@H]4[C@H]2C(=O)N([C@@H](CO)CC(C)C)C3C1=O. The van der Waals surface area contributed by atoms with Gasteiger partial charge in [0.2, 0.25) is 11.8 Å². The smallest absolute Gasteiger partial charge is 0.311 e. The molecule has 0 bridgehead atoms. The van der Waals surface area contributed by atoms with E-state index in [2.05, 4.69) is 32.9 Å². The van der Waals surface area contributed by atoms with E-state index >= 15 is 0 Å². The summed E-state index contributed by atoms with van der Waals surface area (Å²) in [5.74, 6) is -1.82. The Bertz CT molecular complexity index is 935. The van der Waals surface area contributed by atoms with E-state index in [9.17, 15) is 19.5 Å². The molecule has 0 aromatic heterocycles. The van der Waals surface area contributed by atoms with Crippen molar-refractivity contribution in [3.8, 4) is 0 Å². The maximum absolute atomic E-state index is 14.4. The second-order valence-corrected chi connectivity index (χ2v) is 13.5. The fraction of sp³-hybridized carbons (Fsp3) is 0.759. The molecule has 6 atom stereocenters. The van der Waals surface area contributed by atoms with Gasteiger partial charge in [-0.25, -0.2) is 0 Å². The molecule has 4 aliphatic rings. The van der Waals surface area contributed by atoms with Crippen molar-refractivity contribution in [1.29, 1.82) is 0 Å². The van der Waals surface area contributed by atoms with Crippen molar-refractivity contribution < 1.29 is 24.2 Å². The number of ether oxygens (including phenoxy) is 1. The van der Waals surface area contributed by atoms with Crippen LogP contribution in [0.4, 0.5) is 0 Å². The molecule has 1 spiro atoms. The zero-order valence-corrected chi connectivity index (χ0v) is 23.7. The number of carbonyl (C=O) groups is 3. The molecule has 4 rings (SSSR count). The van der Waals surface area contributed by atoms with Crippen LogP contribution in [0.1, 0.15) is 72.6 Å². The van der Waals surface area contributed by atoms with Crippen molar-refractivity contribution in [2.24, 2.45) is 17.8 Å². The molecular weight excluding hydrogens is 488 g/mol. The van der Waals surface area contributed by atoms with Crippen LogP contribution in [0.15, 0.2) is 24.3 Å². The van der Waals surface area contributed by atoms with Gasteiger partial charge in [0.15, 0.2) is 0 Å². The van der Waals surface area contributed by atoms with Gasteiger partial charge >= 0.3 is 5.97 Å². The minimum absolute atomic E-state index is 0.0728. The molecule has 8 heteroatoms. The van der Waals surface area contributed by atoms with Crippen molar-refractivity contribution in [3.63, 3.8) is 0 Å². The first-order valence-corrected chi connectivity index (χ1v) is 15.0. The lowest BCUT2D eigenvalue weighted by Gasteiger charge is -2.40. The number of allylic oxidation sites excluding steroid dienone is 1. The molecule has 0 aromatic rings. The standard InChI is InChI=1S/C29H44N2O5S/c1-5-6-10-15-30-16-12-14-29-22(23-27(35)36-17-11-8-7-9-13-28(23,4)37-29)25(33)31(24(29)26(30)34)21(19-32)18-20(2)3/h9,12-14,20-24,32H,5-8,10-11,15-19H2,1-4H3/b13-9-/t21-,22+,23-,24?,28+,29+/m1/s1. The molecule has 7 nitrogen and oxygen atoms in total. The summed E-state index contributed by atoms with van der Waals surface area (Å²) in [7, 11) is 0. The highest BCUT2D eigenvalue weighted by atomic mass is 32.2. The zero-order valence-electron chi connectivity index (χ0n) is 22.9. The molecular formula is C29H44N2O5S. The third-order valence-corrected chi connectivity index (χ3v) is 10.2. The second-order valence-electron chi connectivity index (χ2n) is 11.7. The summed E-state index contributed by atoms with van der Waals surface area (Å²) in [5.41, 5.74) is 0. The molecule has 37 heavy (non-hydrogen) atoms. The maximum atomic E-state index is 14.4. The Labute approximate surface area is 226 Å². The van der Waals surface area contributed by atoms with E-state index in [1.807, 2.05) is 24.0 Å². The van der Waals surface area contributed by atoms with Crippen LogP contribution in [-0.4, -0.2) is 80.6 Å². The lowest BCUT2D eigenvalue weighted by Crippen LogP contribution is -2.57. The lowest BCUT2D eigenvalue weighted by atomic mass is 9.74. The Morgan fingerprint density at radius 1 is 1.11 bits per heavy atom. The van der Waals surface area contributed by atoms with Crippen LogP contribution < -0.4 is 0 Å². The molecule has 2 saturated heterocycles. The number of aliphatic hydroxyl groups excluding tert-OH is 1. The topological polar surface area (TPSA) is 87.2 Å². The van der Waals surface area contributed by atoms with E-state index < -0.39 is 33.4 Å². The first kappa shape index (κ1) is 28.2. The minimum Gasteiger partial charge on any atom is -0.465 e. The van der Waals surface area contributed by atoms with Crippen LogP contribution in [-0.2, 0) is 19.1 Å². The van der Waals surface area contributed by atoms with Crippen LogP contribution >= 0.6 is 11.8 Å². The van der Waals surface area contributed by atoms with Gasteiger partial charge in [0.1, 0.15) is 6.04 Å². The molecule has 2 fully saturated rings. The van der Waals surface area contributed by atoms with E-state index in [0.717, 1.165) is 38.5 Å². The number of amides is 2. The molecule has 0 aliphatic carbocycles. The molecule has 2 amide bonds. The van der Waals surface area contributed by atoms with Gasteiger partial charge in [-0.05, 0) is 44.9 Å². The summed E-state index contributed by atoms with van der Waals surface area (Å²) < 4.78 is 4.17. The lowest BCUT2D eigenvalue weighted by molar-refractivity contribution is -0.155. The number of fused-ring (bicyclic) bond motifs is 2. The monoisotopic (exact) mass is 532 g/mol. The summed E-state index contributed by atoms with van der Waals surface area (Å²) in [4.78, 5) is 45.9. The molecule has 0 radical (unpaired) electrons. The molecule has 0 aromatic carbocycles. The molecule has 4 aliphatic heterocycles. The number of thioether (sulfide) groups is 1. The number of hydrogen-bond acceptors (Lipinski definition) is 6. The average molecular weight is 533 g/mol. The largest absolute Gasteiger partial charge is 0.465 e. The second kappa shape index (κ2) is 11.5. The summed E-state index contributed by atoms with van der Waals surface area (Å²) in [6.45, 7) is 9.53. The molecule has 206 valence electrons. The van der Waals surface area contributed by atoms with Crippen LogP contribution in [0.3, 0.4) is 0 Å². The van der Waals surface area contributed by atoms with E-state index in [-0.39, 0.29) is 30.3 Å². The highest BCUT2D eigenvalue weighted by Gasteiger charge is 2.74. The Balaban J connectivity index is 1.83. The van der Waals surface area contributed by atoms with Gasteiger partial charge in [-0.1, -0.05) is 57.9 Å². The summed E-state index contributed by atoms with van der Waals surface area (Å²) in [6, 6.07) is -1.24. The predicted octanol–water partition coefficient (Wildman–Crippen LogP) is 3.95. The van der Waals surface area contributed by atoms with Gasteiger partial charge in [-0.2, -0.15) is 0 Å². The molecule has 4 heterocycles. The third-order valence-electron chi connectivity index (χ3n) is 8.40. The van der Waals surface area contributed by atoms with Gasteiger partial charge in [0.25, 0.3) is 0 Å². The van der Waals surface area contributed by atoms with Crippen LogP contribution in [0, 0.1) is 17.8 Å². The number of nitrogens with zero attached hydrogens (tertiary/aromatic N) is 2. The van der Waals surface area contributed by atoms with Crippen LogP contribution in [0.5, 0.6) is 0 Å². The normalized spacial score (nSPS) is 35.6. The van der Waals surface area contributed by atoms with Crippen molar-refractivity contribution in [2.45, 2.75) is 94.2 Å². The van der Waals surface area contributed by atoms with Crippen LogP contribution in [0.25, 0.3) is 0 Å². The number of esters is 1. The first-order chi connectivity index (χ1) is 17.7. The first-order valence-electron chi connectivity index (χ1n) is 14.1. The van der Waals surface area contributed by atoms with Crippen LogP contribution in [0.2, 0.25) is 0 Å². The van der Waals surface area contributed by atoms with E-state index in [0.29, 0.717) is 26.1 Å². The van der Waals surface area contributed by atoms with Crippen molar-refractivity contribution >= 4 is 29.5 Å². The van der Waals surface area contributed by atoms with Gasteiger partial charge in [-0.3, -0.25) is 14.4 Å². The van der Waals surface area contributed by atoms with E-state index in [4.69, 9.17) is 4.74 Å². The van der Waals surface area contributed by atoms with E-state index in [1.54, 1.807) is 16.7 Å². The number of aliphatic hydroxyl groups is 1. The quantitative estimate of drug-likeness (QED) is 0.289. The third kappa shape index (κ3) is 5.12. The predicted molar refractivity (Wildman–Crippen MR) is 146 cm³/mol. The fourth-order valence-electron chi connectivity index (χ4n) is 6.75. The molecule has 1 unspecified atom stereocenters. The van der Waals surface area contributed by atoms with Gasteiger partial charge in [0, 0.05) is 17.8 Å². The van der Waals surface area contributed by atoms with Gasteiger partial charge < -0.3 is 19.6 Å². The molecule has 0 saturated carbocycles. The van der Waals surface area contributed by atoms with Crippen molar-refractivity contribution in [1.82, 2.24) is 9.80 Å². The van der Waals surface area contributed by atoms with Gasteiger partial charge in [0.05, 0.1) is 35.8 Å². The maximum Gasteiger partial charge on any atom is 0.311 e. The highest BCUT2D eigenvalue weighted by Crippen LogP contribution is 2.65. The minimum atomic E-state index is -0.894. The average Bonchev–Trinajstić information content (AvgIpc) is 3.19. The summed E-state index contributed by atoms with van der Waals surface area (Å²) in [5, 5.41) is 10.4.